The Morgan fingerprint density at radius 2 is 2.00 bits per heavy atom. The quantitative estimate of drug-likeness (QED) is 0.682. The second-order valence-electron chi connectivity index (χ2n) is 2.38. The molecular weight excluding hydrogens is 223 g/mol. The average molecular weight is 234 g/mol. The smallest absolute Gasteiger partial charge is 0.0478 e. The third kappa shape index (κ3) is 1.97. The lowest BCUT2D eigenvalue weighted by molar-refractivity contribution is 1.13. The summed E-state index contributed by atoms with van der Waals surface area (Å²) in [6.07, 6.45) is 1.000. The molecule has 0 N–H and O–H groups in total. The lowest BCUT2D eigenvalue weighted by atomic mass is 10.1. The van der Waals surface area contributed by atoms with Gasteiger partial charge in [0.05, 0.1) is 0 Å². The molecule has 0 spiro atoms. The normalized spacial score (nSPS) is 10.1. The number of rotatable bonds is 2. The van der Waals surface area contributed by atoms with Crippen molar-refractivity contribution in [3.05, 3.63) is 34.3 Å². The van der Waals surface area contributed by atoms with Crippen molar-refractivity contribution in [2.75, 3.05) is 0 Å². The van der Waals surface area contributed by atoms with Crippen LogP contribution in [0.1, 0.15) is 18.1 Å². The van der Waals surface area contributed by atoms with Gasteiger partial charge in [-0.05, 0) is 17.5 Å². The molecule has 0 aromatic heterocycles. The van der Waals surface area contributed by atoms with Crippen molar-refractivity contribution in [1.82, 2.24) is 0 Å². The van der Waals surface area contributed by atoms with Gasteiger partial charge in [0.25, 0.3) is 0 Å². The topological polar surface area (TPSA) is 0 Å². The molecule has 1 rings (SSSR count). The molecule has 0 aliphatic rings. The number of benzene rings is 1. The van der Waals surface area contributed by atoms with Crippen LogP contribution in [0.25, 0.3) is 0 Å². The summed E-state index contributed by atoms with van der Waals surface area (Å²) >= 11 is 9.47. The van der Waals surface area contributed by atoms with E-state index >= 15 is 0 Å². The van der Waals surface area contributed by atoms with Gasteiger partial charge in [0.1, 0.15) is 0 Å². The van der Waals surface area contributed by atoms with Gasteiger partial charge in [-0.25, -0.2) is 0 Å². The van der Waals surface area contributed by atoms with E-state index in [1.807, 2.05) is 12.1 Å². The molecule has 0 amide bonds. The first-order valence-corrected chi connectivity index (χ1v) is 5.11. The van der Waals surface area contributed by atoms with Gasteiger partial charge in [-0.3, -0.25) is 0 Å². The predicted molar refractivity (Wildman–Crippen MR) is 53.5 cm³/mol. The van der Waals surface area contributed by atoms with Crippen LogP contribution in [0.4, 0.5) is 0 Å². The maximum absolute atomic E-state index is 6.08. The van der Waals surface area contributed by atoms with Gasteiger partial charge in [-0.15, -0.1) is 0 Å². The molecule has 0 saturated carbocycles. The molecule has 11 heavy (non-hydrogen) atoms. The summed E-state index contributed by atoms with van der Waals surface area (Å²) in [6, 6.07) is 6.14. The summed E-state index contributed by atoms with van der Waals surface area (Å²) < 4.78 is 0. The van der Waals surface area contributed by atoms with Crippen LogP contribution in [-0.2, 0) is 11.8 Å². The van der Waals surface area contributed by atoms with Gasteiger partial charge < -0.3 is 0 Å². The highest BCUT2D eigenvalue weighted by Crippen LogP contribution is 2.23. The first-order chi connectivity index (χ1) is 5.29. The fourth-order valence-corrected chi connectivity index (χ4v) is 1.96. The van der Waals surface area contributed by atoms with Crippen molar-refractivity contribution < 1.29 is 0 Å². The molecule has 0 heterocycles. The highest BCUT2D eigenvalue weighted by Gasteiger charge is 2.01. The molecule has 0 saturated heterocycles. The Kier molecular flexibility index (Phi) is 3.41. The molecule has 2 heteroatoms. The molecule has 0 nitrogen and oxygen atoms in total. The van der Waals surface area contributed by atoms with Crippen LogP contribution in [0.5, 0.6) is 0 Å². The van der Waals surface area contributed by atoms with Crippen LogP contribution >= 0.6 is 27.5 Å². The number of alkyl halides is 1. The molecule has 60 valence electrons. The van der Waals surface area contributed by atoms with Crippen molar-refractivity contribution in [3.63, 3.8) is 0 Å². The van der Waals surface area contributed by atoms with Crippen molar-refractivity contribution in [3.8, 4) is 0 Å². The van der Waals surface area contributed by atoms with Gasteiger partial charge in [0.15, 0.2) is 0 Å². The Labute approximate surface area is 80.7 Å². The first kappa shape index (κ1) is 9.08. The fraction of sp³-hybridized carbons (Fsp3) is 0.333. The average Bonchev–Trinajstić information content (AvgIpc) is 2.05. The number of halogens is 2. The second kappa shape index (κ2) is 4.13. The van der Waals surface area contributed by atoms with Crippen molar-refractivity contribution in [1.29, 1.82) is 0 Å². The number of hydrogen-bond donors (Lipinski definition) is 0. The molecule has 0 aliphatic carbocycles. The Morgan fingerprint density at radius 3 is 2.55 bits per heavy atom. The number of aryl methyl sites for hydroxylation is 1. The molecule has 1 aromatic rings. The van der Waals surface area contributed by atoms with E-state index in [2.05, 4.69) is 28.9 Å². The van der Waals surface area contributed by atoms with E-state index in [4.69, 9.17) is 11.6 Å². The van der Waals surface area contributed by atoms with Crippen molar-refractivity contribution in [2.45, 2.75) is 18.7 Å². The molecule has 0 radical (unpaired) electrons. The van der Waals surface area contributed by atoms with Gasteiger partial charge >= 0.3 is 0 Å². The maximum atomic E-state index is 6.08. The van der Waals surface area contributed by atoms with Crippen LogP contribution in [0.3, 0.4) is 0 Å². The summed E-state index contributed by atoms with van der Waals surface area (Å²) in [6.45, 7) is 2.11. The summed E-state index contributed by atoms with van der Waals surface area (Å²) in [5.74, 6) is 0. The largest absolute Gasteiger partial charge is 0.0876 e. The van der Waals surface area contributed by atoms with Crippen LogP contribution in [0.15, 0.2) is 18.2 Å². The van der Waals surface area contributed by atoms with E-state index in [0.29, 0.717) is 0 Å². The summed E-state index contributed by atoms with van der Waals surface area (Å²) in [4.78, 5) is 0. The molecular formula is C9H10BrCl. The lowest BCUT2D eigenvalue weighted by Crippen LogP contribution is -1.86. The van der Waals surface area contributed by atoms with Crippen molar-refractivity contribution in [2.24, 2.45) is 0 Å². The second-order valence-corrected chi connectivity index (χ2v) is 3.32. The zero-order valence-corrected chi connectivity index (χ0v) is 8.74. The van der Waals surface area contributed by atoms with Crippen LogP contribution in [0.2, 0.25) is 5.02 Å². The Hall–Kier alpha value is -0.0100. The molecule has 0 aliphatic heterocycles. The van der Waals surface area contributed by atoms with Gasteiger partial charge in [0.2, 0.25) is 0 Å². The minimum Gasteiger partial charge on any atom is -0.0876 e. The summed E-state index contributed by atoms with van der Waals surface area (Å²) in [7, 11) is 0. The maximum Gasteiger partial charge on any atom is 0.0478 e. The first-order valence-electron chi connectivity index (χ1n) is 3.61. The minimum absolute atomic E-state index is 0.833. The van der Waals surface area contributed by atoms with Gasteiger partial charge in [0, 0.05) is 10.4 Å². The third-order valence-corrected chi connectivity index (χ3v) is 2.77. The van der Waals surface area contributed by atoms with Crippen LogP contribution < -0.4 is 0 Å². The van der Waals surface area contributed by atoms with E-state index in [9.17, 15) is 0 Å². The zero-order chi connectivity index (χ0) is 8.27. The fourth-order valence-electron chi connectivity index (χ4n) is 1.01. The summed E-state index contributed by atoms with van der Waals surface area (Å²) in [5.41, 5.74) is 2.40. The Bertz CT molecular complexity index is 223. The van der Waals surface area contributed by atoms with E-state index in [0.717, 1.165) is 16.8 Å². The van der Waals surface area contributed by atoms with Crippen LogP contribution in [0, 0.1) is 0 Å². The van der Waals surface area contributed by atoms with Gasteiger partial charge in [-0.2, -0.15) is 0 Å². The Balaban J connectivity index is 3.10. The van der Waals surface area contributed by atoms with Gasteiger partial charge in [-0.1, -0.05) is 52.7 Å². The molecule has 0 atom stereocenters. The van der Waals surface area contributed by atoms with E-state index in [-0.39, 0.29) is 0 Å². The molecule has 0 bridgehead atoms. The lowest BCUT2D eigenvalue weighted by Gasteiger charge is -2.04. The monoisotopic (exact) mass is 232 g/mol. The van der Waals surface area contributed by atoms with E-state index in [1.54, 1.807) is 0 Å². The zero-order valence-electron chi connectivity index (χ0n) is 6.40. The number of hydrogen-bond acceptors (Lipinski definition) is 0. The van der Waals surface area contributed by atoms with E-state index in [1.165, 1.54) is 11.1 Å². The Morgan fingerprint density at radius 1 is 1.36 bits per heavy atom. The standard InChI is InChI=1S/C9H10BrCl/c1-2-7-4-3-5-8(6-10)9(7)11/h3-5H,2,6H2,1H3. The van der Waals surface area contributed by atoms with Crippen molar-refractivity contribution >= 4 is 27.5 Å². The predicted octanol–water partition coefficient (Wildman–Crippen LogP) is 3.80. The molecule has 0 unspecified atom stereocenters. The summed E-state index contributed by atoms with van der Waals surface area (Å²) in [5, 5.41) is 1.74. The highest BCUT2D eigenvalue weighted by molar-refractivity contribution is 9.08. The van der Waals surface area contributed by atoms with Crippen LogP contribution in [-0.4, -0.2) is 0 Å². The SMILES string of the molecule is CCc1cccc(CBr)c1Cl. The minimum atomic E-state index is 0.833. The molecule has 1 aromatic carbocycles. The highest BCUT2D eigenvalue weighted by atomic mass is 79.9. The molecule has 0 fully saturated rings. The van der Waals surface area contributed by atoms with E-state index < -0.39 is 0 Å². The third-order valence-electron chi connectivity index (χ3n) is 1.68.